The van der Waals surface area contributed by atoms with Crippen molar-refractivity contribution >= 4 is 0 Å². The SMILES string of the molecule is NCc1cnn(CC2=CCCC=C2)c1. The van der Waals surface area contributed by atoms with Gasteiger partial charge in [0.1, 0.15) is 0 Å². The van der Waals surface area contributed by atoms with Crippen molar-refractivity contribution in [2.24, 2.45) is 5.73 Å². The smallest absolute Gasteiger partial charge is 0.0656 e. The number of hydrogen-bond donors (Lipinski definition) is 1. The maximum atomic E-state index is 5.51. The highest BCUT2D eigenvalue weighted by molar-refractivity contribution is 5.22. The Bertz CT molecular complexity index is 360. The van der Waals surface area contributed by atoms with Gasteiger partial charge in [-0.05, 0) is 18.4 Å². The minimum Gasteiger partial charge on any atom is -0.326 e. The van der Waals surface area contributed by atoms with Crippen molar-refractivity contribution in [1.29, 1.82) is 0 Å². The highest BCUT2D eigenvalue weighted by atomic mass is 15.3. The molecule has 0 spiro atoms. The second-order valence-corrected chi connectivity index (χ2v) is 3.51. The molecule has 14 heavy (non-hydrogen) atoms. The van der Waals surface area contributed by atoms with E-state index in [1.165, 1.54) is 5.57 Å². The van der Waals surface area contributed by atoms with Crippen LogP contribution in [-0.2, 0) is 13.1 Å². The summed E-state index contributed by atoms with van der Waals surface area (Å²) in [4.78, 5) is 0. The molecule has 0 fully saturated rings. The number of rotatable bonds is 3. The zero-order valence-electron chi connectivity index (χ0n) is 8.19. The highest BCUT2D eigenvalue weighted by Crippen LogP contribution is 2.11. The van der Waals surface area contributed by atoms with E-state index in [0.29, 0.717) is 6.54 Å². The minimum absolute atomic E-state index is 0.564. The van der Waals surface area contributed by atoms with Crippen molar-refractivity contribution in [2.45, 2.75) is 25.9 Å². The van der Waals surface area contributed by atoms with Gasteiger partial charge in [-0.2, -0.15) is 5.10 Å². The quantitative estimate of drug-likeness (QED) is 0.785. The lowest BCUT2D eigenvalue weighted by molar-refractivity contribution is 0.680. The molecular weight excluding hydrogens is 174 g/mol. The normalized spacial score (nSPS) is 15.6. The third-order valence-corrected chi connectivity index (χ3v) is 2.34. The zero-order valence-corrected chi connectivity index (χ0v) is 8.19. The Hall–Kier alpha value is -1.35. The first-order chi connectivity index (χ1) is 6.88. The fourth-order valence-electron chi connectivity index (χ4n) is 1.57. The summed E-state index contributed by atoms with van der Waals surface area (Å²) in [6.07, 6.45) is 12.8. The average molecular weight is 189 g/mol. The molecule has 3 nitrogen and oxygen atoms in total. The molecule has 1 aliphatic rings. The Labute approximate surface area is 83.9 Å². The standard InChI is InChI=1S/C11H15N3/c12-6-11-7-13-14(9-11)8-10-4-2-1-3-5-10/h2,4-5,7,9H,1,3,6,8,12H2. The van der Waals surface area contributed by atoms with Crippen LogP contribution in [0.5, 0.6) is 0 Å². The van der Waals surface area contributed by atoms with Gasteiger partial charge in [-0.1, -0.05) is 18.2 Å². The van der Waals surface area contributed by atoms with Crippen LogP contribution in [0.15, 0.2) is 36.2 Å². The van der Waals surface area contributed by atoms with Crippen LogP contribution in [0, 0.1) is 0 Å². The van der Waals surface area contributed by atoms with E-state index in [0.717, 1.165) is 24.9 Å². The van der Waals surface area contributed by atoms with E-state index in [4.69, 9.17) is 5.73 Å². The monoisotopic (exact) mass is 189 g/mol. The lowest BCUT2D eigenvalue weighted by atomic mass is 10.1. The summed E-state index contributed by atoms with van der Waals surface area (Å²) < 4.78 is 1.93. The third kappa shape index (κ3) is 2.12. The molecule has 2 N–H and O–H groups in total. The molecule has 1 aliphatic carbocycles. The maximum absolute atomic E-state index is 5.51. The molecule has 1 heterocycles. The van der Waals surface area contributed by atoms with E-state index in [2.05, 4.69) is 23.3 Å². The summed E-state index contributed by atoms with van der Waals surface area (Å²) in [7, 11) is 0. The van der Waals surface area contributed by atoms with Gasteiger partial charge < -0.3 is 5.73 Å². The summed E-state index contributed by atoms with van der Waals surface area (Å²) in [6.45, 7) is 1.42. The molecule has 0 saturated carbocycles. The molecule has 0 atom stereocenters. The van der Waals surface area contributed by atoms with Gasteiger partial charge in [0.25, 0.3) is 0 Å². The number of nitrogens with two attached hydrogens (primary N) is 1. The average Bonchev–Trinajstić information content (AvgIpc) is 2.67. The summed E-state index contributed by atoms with van der Waals surface area (Å²) in [5.41, 5.74) is 7.94. The van der Waals surface area contributed by atoms with Gasteiger partial charge in [0.05, 0.1) is 12.7 Å². The highest BCUT2D eigenvalue weighted by Gasteiger charge is 2.00. The summed E-state index contributed by atoms with van der Waals surface area (Å²) in [6, 6.07) is 0. The Balaban J connectivity index is 2.03. The van der Waals surface area contributed by atoms with Crippen LogP contribution in [-0.4, -0.2) is 9.78 Å². The number of nitrogens with zero attached hydrogens (tertiary/aromatic N) is 2. The molecule has 0 amide bonds. The fraction of sp³-hybridized carbons (Fsp3) is 0.364. The van der Waals surface area contributed by atoms with Crippen LogP contribution < -0.4 is 5.73 Å². The largest absolute Gasteiger partial charge is 0.326 e. The van der Waals surface area contributed by atoms with Crippen molar-refractivity contribution in [2.75, 3.05) is 0 Å². The van der Waals surface area contributed by atoms with Crippen LogP contribution in [0.3, 0.4) is 0 Å². The van der Waals surface area contributed by atoms with E-state index < -0.39 is 0 Å². The van der Waals surface area contributed by atoms with Gasteiger partial charge in [-0.3, -0.25) is 4.68 Å². The first kappa shape index (κ1) is 9.21. The molecule has 1 aromatic heterocycles. The Morgan fingerprint density at radius 1 is 1.43 bits per heavy atom. The van der Waals surface area contributed by atoms with Crippen molar-refractivity contribution < 1.29 is 0 Å². The van der Waals surface area contributed by atoms with Gasteiger partial charge in [0.2, 0.25) is 0 Å². The van der Waals surface area contributed by atoms with E-state index in [1.807, 2.05) is 17.1 Å². The molecule has 0 aliphatic heterocycles. The molecule has 0 unspecified atom stereocenters. The lowest BCUT2D eigenvalue weighted by Gasteiger charge is -2.06. The molecule has 1 aromatic rings. The van der Waals surface area contributed by atoms with Crippen molar-refractivity contribution in [3.63, 3.8) is 0 Å². The molecule has 74 valence electrons. The summed E-state index contributed by atoms with van der Waals surface area (Å²) in [5.74, 6) is 0. The Morgan fingerprint density at radius 3 is 3.00 bits per heavy atom. The van der Waals surface area contributed by atoms with Gasteiger partial charge in [-0.15, -0.1) is 0 Å². The topological polar surface area (TPSA) is 43.8 Å². The summed E-state index contributed by atoms with van der Waals surface area (Å²) >= 11 is 0. The predicted molar refractivity (Wildman–Crippen MR) is 56.6 cm³/mol. The van der Waals surface area contributed by atoms with Gasteiger partial charge >= 0.3 is 0 Å². The maximum Gasteiger partial charge on any atom is 0.0656 e. The lowest BCUT2D eigenvalue weighted by Crippen LogP contribution is -2.01. The van der Waals surface area contributed by atoms with E-state index >= 15 is 0 Å². The molecule has 3 heteroatoms. The zero-order chi connectivity index (χ0) is 9.80. The predicted octanol–water partition coefficient (Wildman–Crippen LogP) is 1.62. The van der Waals surface area contributed by atoms with Crippen molar-refractivity contribution in [3.8, 4) is 0 Å². The van der Waals surface area contributed by atoms with Crippen molar-refractivity contribution in [1.82, 2.24) is 9.78 Å². The van der Waals surface area contributed by atoms with Gasteiger partial charge in [-0.25, -0.2) is 0 Å². The second-order valence-electron chi connectivity index (χ2n) is 3.51. The molecule has 0 aromatic carbocycles. The fourth-order valence-corrected chi connectivity index (χ4v) is 1.57. The molecule has 0 bridgehead atoms. The molecule has 2 rings (SSSR count). The van der Waals surface area contributed by atoms with Crippen LogP contribution >= 0.6 is 0 Å². The minimum atomic E-state index is 0.564. The van der Waals surface area contributed by atoms with Gasteiger partial charge in [0, 0.05) is 18.3 Å². The molecule has 0 saturated heterocycles. The Kier molecular flexibility index (Phi) is 2.79. The van der Waals surface area contributed by atoms with Crippen molar-refractivity contribution in [3.05, 3.63) is 41.8 Å². The van der Waals surface area contributed by atoms with Gasteiger partial charge in [0.15, 0.2) is 0 Å². The van der Waals surface area contributed by atoms with E-state index in [-0.39, 0.29) is 0 Å². The van der Waals surface area contributed by atoms with Crippen LogP contribution in [0.25, 0.3) is 0 Å². The van der Waals surface area contributed by atoms with Crippen LogP contribution in [0.2, 0.25) is 0 Å². The molecule has 0 radical (unpaired) electrons. The van der Waals surface area contributed by atoms with Crippen LogP contribution in [0.1, 0.15) is 18.4 Å². The van der Waals surface area contributed by atoms with Crippen LogP contribution in [0.4, 0.5) is 0 Å². The number of aromatic nitrogens is 2. The number of allylic oxidation sites excluding steroid dienone is 4. The Morgan fingerprint density at radius 2 is 2.36 bits per heavy atom. The van der Waals surface area contributed by atoms with E-state index in [1.54, 1.807) is 0 Å². The summed E-state index contributed by atoms with van der Waals surface area (Å²) in [5, 5.41) is 4.24. The first-order valence-electron chi connectivity index (χ1n) is 4.95. The second kappa shape index (κ2) is 4.24. The number of hydrogen-bond acceptors (Lipinski definition) is 2. The van der Waals surface area contributed by atoms with E-state index in [9.17, 15) is 0 Å². The third-order valence-electron chi connectivity index (χ3n) is 2.34. The molecular formula is C11H15N3. The first-order valence-corrected chi connectivity index (χ1v) is 4.95.